The van der Waals surface area contributed by atoms with Crippen molar-refractivity contribution in [1.29, 1.82) is 0 Å². The zero-order valence-corrected chi connectivity index (χ0v) is 13.9. The van der Waals surface area contributed by atoms with E-state index >= 15 is 0 Å². The average molecular weight is 367 g/mol. The number of carbonyl (C=O) groups is 1. The lowest BCUT2D eigenvalue weighted by Crippen LogP contribution is -2.19. The van der Waals surface area contributed by atoms with Crippen molar-refractivity contribution in [3.8, 4) is 11.5 Å². The summed E-state index contributed by atoms with van der Waals surface area (Å²) in [7, 11) is 4.85. The molecule has 1 aromatic carbocycles. The van der Waals surface area contributed by atoms with E-state index in [9.17, 15) is 4.79 Å². The summed E-state index contributed by atoms with van der Waals surface area (Å²) in [4.78, 5) is 11.9. The van der Waals surface area contributed by atoms with Crippen LogP contribution in [0.2, 0.25) is 0 Å². The van der Waals surface area contributed by atoms with Crippen molar-refractivity contribution in [2.24, 2.45) is 12.1 Å². The Balaban J connectivity index is 2.06. The third-order valence-corrected chi connectivity index (χ3v) is 3.37. The van der Waals surface area contributed by atoms with Crippen molar-refractivity contribution in [1.82, 2.24) is 15.2 Å². The smallest absolute Gasteiger partial charge is 0.293 e. The highest BCUT2D eigenvalue weighted by Crippen LogP contribution is 2.26. The molecule has 0 radical (unpaired) electrons. The van der Waals surface area contributed by atoms with Crippen LogP contribution < -0.4 is 14.9 Å². The first-order chi connectivity index (χ1) is 10.5. The van der Waals surface area contributed by atoms with Gasteiger partial charge in [0, 0.05) is 13.2 Å². The Morgan fingerprint density at radius 2 is 2.09 bits per heavy atom. The molecule has 0 fully saturated rings. The molecule has 2 rings (SSSR count). The number of aryl methyl sites for hydroxylation is 1. The maximum atomic E-state index is 11.9. The number of rotatable bonds is 5. The van der Waals surface area contributed by atoms with Crippen LogP contribution in [0.3, 0.4) is 0 Å². The van der Waals surface area contributed by atoms with Crippen molar-refractivity contribution in [3.63, 3.8) is 0 Å². The number of aromatic nitrogens is 2. The zero-order chi connectivity index (χ0) is 16.1. The zero-order valence-electron chi connectivity index (χ0n) is 12.3. The number of hydrogen-bond donors (Lipinski definition) is 1. The minimum atomic E-state index is -0.399. The summed E-state index contributed by atoms with van der Waals surface area (Å²) in [5.74, 6) is 0.815. The van der Waals surface area contributed by atoms with Gasteiger partial charge in [-0.25, -0.2) is 5.43 Å². The van der Waals surface area contributed by atoms with Gasteiger partial charge in [0.2, 0.25) is 0 Å². The summed E-state index contributed by atoms with van der Waals surface area (Å²) < 4.78 is 12.5. The van der Waals surface area contributed by atoms with Gasteiger partial charge < -0.3 is 9.47 Å². The summed E-state index contributed by atoms with van der Waals surface area (Å²) in [6.45, 7) is 0. The molecule has 7 nitrogen and oxygen atoms in total. The third kappa shape index (κ3) is 3.64. The van der Waals surface area contributed by atoms with Crippen molar-refractivity contribution in [3.05, 3.63) is 40.1 Å². The van der Waals surface area contributed by atoms with Crippen LogP contribution in [0, 0.1) is 0 Å². The highest BCUT2D eigenvalue weighted by Gasteiger charge is 2.13. The number of halogens is 1. The fourth-order valence-corrected chi connectivity index (χ4v) is 2.32. The van der Waals surface area contributed by atoms with Gasteiger partial charge in [0.15, 0.2) is 17.2 Å². The number of methoxy groups -OCH3 is 2. The molecule has 116 valence electrons. The molecule has 0 aliphatic heterocycles. The average Bonchev–Trinajstić information content (AvgIpc) is 2.85. The number of nitrogens with zero attached hydrogens (tertiary/aromatic N) is 3. The van der Waals surface area contributed by atoms with E-state index in [-0.39, 0.29) is 5.69 Å². The highest BCUT2D eigenvalue weighted by atomic mass is 79.9. The van der Waals surface area contributed by atoms with Gasteiger partial charge in [0.1, 0.15) is 0 Å². The Kier molecular flexibility index (Phi) is 5.16. The molecule has 22 heavy (non-hydrogen) atoms. The molecule has 0 bridgehead atoms. The van der Waals surface area contributed by atoms with Gasteiger partial charge in [-0.05, 0) is 39.7 Å². The van der Waals surface area contributed by atoms with Crippen LogP contribution in [0.1, 0.15) is 16.1 Å². The topological polar surface area (TPSA) is 77.7 Å². The van der Waals surface area contributed by atoms with Gasteiger partial charge in [-0.3, -0.25) is 9.48 Å². The van der Waals surface area contributed by atoms with Gasteiger partial charge in [-0.15, -0.1) is 0 Å². The molecule has 2 aromatic rings. The van der Waals surface area contributed by atoms with Crippen LogP contribution in [0.25, 0.3) is 0 Å². The second-order valence-corrected chi connectivity index (χ2v) is 5.17. The van der Waals surface area contributed by atoms with E-state index in [1.165, 1.54) is 10.9 Å². The van der Waals surface area contributed by atoms with Crippen molar-refractivity contribution in [2.45, 2.75) is 0 Å². The SMILES string of the molecule is COc1ccc(/C=N\NC(=O)c2nn(C)cc2Br)cc1OC. The summed E-state index contributed by atoms with van der Waals surface area (Å²) in [5, 5.41) is 7.94. The summed E-state index contributed by atoms with van der Waals surface area (Å²) >= 11 is 3.26. The summed E-state index contributed by atoms with van der Waals surface area (Å²) in [5.41, 5.74) is 3.45. The number of nitrogens with one attached hydrogen (secondary N) is 1. The molecule has 8 heteroatoms. The Morgan fingerprint density at radius 3 is 2.68 bits per heavy atom. The maximum Gasteiger partial charge on any atom is 0.293 e. The Labute approximate surface area is 136 Å². The molecule has 0 saturated heterocycles. The van der Waals surface area contributed by atoms with Gasteiger partial charge in [-0.1, -0.05) is 0 Å². The molecule has 0 atom stereocenters. The van der Waals surface area contributed by atoms with Crippen LogP contribution in [0.15, 0.2) is 34.0 Å². The van der Waals surface area contributed by atoms with E-state index in [0.717, 1.165) is 5.56 Å². The van der Waals surface area contributed by atoms with E-state index in [2.05, 4.69) is 31.6 Å². The number of ether oxygens (including phenoxy) is 2. The summed E-state index contributed by atoms with van der Waals surface area (Å²) in [6.07, 6.45) is 3.20. The molecule has 0 spiro atoms. The lowest BCUT2D eigenvalue weighted by Gasteiger charge is -2.07. The van der Waals surface area contributed by atoms with Gasteiger partial charge in [0.25, 0.3) is 5.91 Å². The number of hydrogen-bond acceptors (Lipinski definition) is 5. The second kappa shape index (κ2) is 7.08. The number of amides is 1. The molecule has 1 amide bonds. The lowest BCUT2D eigenvalue weighted by molar-refractivity contribution is 0.0948. The Bertz CT molecular complexity index is 712. The van der Waals surface area contributed by atoms with E-state index < -0.39 is 5.91 Å². The minimum absolute atomic E-state index is 0.270. The van der Waals surface area contributed by atoms with Crippen LogP contribution in [-0.4, -0.2) is 36.1 Å². The van der Waals surface area contributed by atoms with E-state index in [1.54, 1.807) is 45.7 Å². The first-order valence-corrected chi connectivity index (χ1v) is 7.09. The van der Waals surface area contributed by atoms with Gasteiger partial charge in [-0.2, -0.15) is 10.2 Å². The fourth-order valence-electron chi connectivity index (χ4n) is 1.76. The first-order valence-electron chi connectivity index (χ1n) is 6.29. The number of hydrazone groups is 1. The number of carbonyl (C=O) groups excluding carboxylic acids is 1. The van der Waals surface area contributed by atoms with Crippen molar-refractivity contribution in [2.75, 3.05) is 14.2 Å². The van der Waals surface area contributed by atoms with Gasteiger partial charge in [0.05, 0.1) is 24.9 Å². The molecular weight excluding hydrogens is 352 g/mol. The second-order valence-electron chi connectivity index (χ2n) is 4.31. The van der Waals surface area contributed by atoms with Crippen LogP contribution in [0.5, 0.6) is 11.5 Å². The van der Waals surface area contributed by atoms with Crippen LogP contribution in [-0.2, 0) is 7.05 Å². The van der Waals surface area contributed by atoms with Crippen molar-refractivity contribution < 1.29 is 14.3 Å². The molecule has 0 saturated carbocycles. The largest absolute Gasteiger partial charge is 0.493 e. The Morgan fingerprint density at radius 1 is 1.36 bits per heavy atom. The van der Waals surface area contributed by atoms with Gasteiger partial charge >= 0.3 is 0 Å². The standard InChI is InChI=1S/C14H15BrN4O3/c1-19-8-10(15)13(18-19)14(20)17-16-7-9-4-5-11(21-2)12(6-9)22-3/h4-8H,1-3H3,(H,17,20)/b16-7-. The highest BCUT2D eigenvalue weighted by molar-refractivity contribution is 9.10. The predicted molar refractivity (Wildman–Crippen MR) is 85.5 cm³/mol. The van der Waals surface area contributed by atoms with Crippen LogP contribution >= 0.6 is 15.9 Å². The fraction of sp³-hybridized carbons (Fsp3) is 0.214. The van der Waals surface area contributed by atoms with E-state index in [4.69, 9.17) is 9.47 Å². The predicted octanol–water partition coefficient (Wildman–Crippen LogP) is 1.96. The van der Waals surface area contributed by atoms with Crippen LogP contribution in [0.4, 0.5) is 0 Å². The molecule has 1 heterocycles. The molecule has 1 aromatic heterocycles. The molecule has 1 N–H and O–H groups in total. The maximum absolute atomic E-state index is 11.9. The quantitative estimate of drug-likeness (QED) is 0.648. The van der Waals surface area contributed by atoms with E-state index in [1.807, 2.05) is 0 Å². The minimum Gasteiger partial charge on any atom is -0.493 e. The molecule has 0 aliphatic carbocycles. The molecular formula is C14H15BrN4O3. The first kappa shape index (κ1) is 16.0. The van der Waals surface area contributed by atoms with Crippen molar-refractivity contribution >= 4 is 28.1 Å². The summed E-state index contributed by atoms with van der Waals surface area (Å²) in [6, 6.07) is 5.32. The normalized spacial score (nSPS) is 10.7. The third-order valence-electron chi connectivity index (χ3n) is 2.79. The van der Waals surface area contributed by atoms with E-state index in [0.29, 0.717) is 16.0 Å². The lowest BCUT2D eigenvalue weighted by atomic mass is 10.2. The monoisotopic (exact) mass is 366 g/mol. The molecule has 0 unspecified atom stereocenters. The number of benzene rings is 1. The Hall–Kier alpha value is -2.35. The molecule has 0 aliphatic rings.